The van der Waals surface area contributed by atoms with Gasteiger partial charge in [-0.1, -0.05) is 0 Å². The van der Waals surface area contributed by atoms with Gasteiger partial charge in [-0.2, -0.15) is 0 Å². The quantitative estimate of drug-likeness (QED) is 0.408. The van der Waals surface area contributed by atoms with Gasteiger partial charge in [0.2, 0.25) is 5.92 Å². The molecule has 0 spiro atoms. The lowest BCUT2D eigenvalue weighted by Gasteiger charge is -2.32. The fourth-order valence-electron chi connectivity index (χ4n) is 1.42. The maximum Gasteiger partial charge on any atom is 0.331 e. The summed E-state index contributed by atoms with van der Waals surface area (Å²) in [5.41, 5.74) is 0.542. The van der Waals surface area contributed by atoms with Crippen LogP contribution in [-0.4, -0.2) is 36.3 Å². The van der Waals surface area contributed by atoms with E-state index in [0.29, 0.717) is 5.71 Å². The normalized spacial score (nSPS) is 20.8. The van der Waals surface area contributed by atoms with Crippen LogP contribution in [0.4, 0.5) is 0 Å². The molecular formula is C11H15NO5. The summed E-state index contributed by atoms with van der Waals surface area (Å²) in [5.74, 6) is -5.07. The van der Waals surface area contributed by atoms with Gasteiger partial charge in [-0.15, -0.1) is 0 Å². The molecule has 1 heterocycles. The molecule has 17 heavy (non-hydrogen) atoms. The summed E-state index contributed by atoms with van der Waals surface area (Å²) < 4.78 is 9.70. The molecule has 1 aliphatic heterocycles. The number of ketones is 1. The Labute approximate surface area is 99.0 Å². The SMILES string of the molecule is CN=C(C)CC(=O)C1C(=O)OC(C)(C)OC1=O. The van der Waals surface area contributed by atoms with Crippen molar-refractivity contribution in [3.8, 4) is 0 Å². The number of hydrogen-bond donors (Lipinski definition) is 0. The predicted octanol–water partition coefficient (Wildman–Crippen LogP) is 0.489. The minimum Gasteiger partial charge on any atom is -0.422 e. The lowest BCUT2D eigenvalue weighted by molar-refractivity contribution is -0.238. The molecule has 0 aromatic rings. The zero-order valence-electron chi connectivity index (χ0n) is 10.3. The molecule has 94 valence electrons. The third-order valence-electron chi connectivity index (χ3n) is 2.30. The van der Waals surface area contributed by atoms with Crippen molar-refractivity contribution in [1.82, 2.24) is 0 Å². The zero-order chi connectivity index (χ0) is 13.2. The topological polar surface area (TPSA) is 82.0 Å². The van der Waals surface area contributed by atoms with Crippen LogP contribution in [0.1, 0.15) is 27.2 Å². The Bertz CT molecular complexity index is 377. The molecule has 0 saturated carbocycles. The molecule has 6 nitrogen and oxygen atoms in total. The molecule has 1 rings (SSSR count). The van der Waals surface area contributed by atoms with Crippen LogP contribution in [0.25, 0.3) is 0 Å². The first kappa shape index (κ1) is 13.3. The maximum atomic E-state index is 11.7. The van der Waals surface area contributed by atoms with Gasteiger partial charge in [0, 0.05) is 33.0 Å². The first-order chi connectivity index (χ1) is 7.76. The van der Waals surface area contributed by atoms with E-state index in [2.05, 4.69) is 4.99 Å². The minimum absolute atomic E-state index is 0.0637. The number of nitrogens with zero attached hydrogens (tertiary/aromatic N) is 1. The molecule has 0 unspecified atom stereocenters. The molecule has 0 aliphatic carbocycles. The van der Waals surface area contributed by atoms with Crippen LogP contribution < -0.4 is 0 Å². The van der Waals surface area contributed by atoms with Crippen molar-refractivity contribution in [1.29, 1.82) is 0 Å². The van der Waals surface area contributed by atoms with E-state index in [1.165, 1.54) is 20.9 Å². The number of hydrogen-bond acceptors (Lipinski definition) is 6. The second-order valence-corrected chi connectivity index (χ2v) is 4.28. The van der Waals surface area contributed by atoms with Crippen LogP contribution in [0.15, 0.2) is 4.99 Å². The molecular weight excluding hydrogens is 226 g/mol. The molecule has 0 aromatic heterocycles. The van der Waals surface area contributed by atoms with Crippen molar-refractivity contribution in [2.24, 2.45) is 10.9 Å². The molecule has 0 N–H and O–H groups in total. The second-order valence-electron chi connectivity index (χ2n) is 4.28. The Morgan fingerprint density at radius 1 is 1.29 bits per heavy atom. The van der Waals surface area contributed by atoms with Gasteiger partial charge in [-0.3, -0.25) is 19.4 Å². The van der Waals surface area contributed by atoms with Gasteiger partial charge in [0.25, 0.3) is 5.79 Å². The van der Waals surface area contributed by atoms with E-state index < -0.39 is 29.4 Å². The fourth-order valence-corrected chi connectivity index (χ4v) is 1.42. The smallest absolute Gasteiger partial charge is 0.331 e. The fraction of sp³-hybridized carbons (Fsp3) is 0.636. The number of cyclic esters (lactones) is 2. The van der Waals surface area contributed by atoms with Crippen LogP contribution in [0.2, 0.25) is 0 Å². The largest absolute Gasteiger partial charge is 0.422 e. The number of rotatable bonds is 3. The molecule has 0 aromatic carbocycles. The highest BCUT2D eigenvalue weighted by Crippen LogP contribution is 2.24. The molecule has 0 amide bonds. The summed E-state index contributed by atoms with van der Waals surface area (Å²) in [6.45, 7) is 4.51. The second kappa shape index (κ2) is 4.65. The minimum atomic E-state index is -1.49. The molecule has 1 aliphatic rings. The van der Waals surface area contributed by atoms with Gasteiger partial charge in [0.15, 0.2) is 5.78 Å². The zero-order valence-corrected chi connectivity index (χ0v) is 10.3. The van der Waals surface area contributed by atoms with Crippen LogP contribution in [0.5, 0.6) is 0 Å². The van der Waals surface area contributed by atoms with E-state index in [1.807, 2.05) is 0 Å². The van der Waals surface area contributed by atoms with Gasteiger partial charge in [-0.25, -0.2) is 0 Å². The van der Waals surface area contributed by atoms with Gasteiger partial charge < -0.3 is 9.47 Å². The van der Waals surface area contributed by atoms with Crippen LogP contribution in [0.3, 0.4) is 0 Å². The third-order valence-corrected chi connectivity index (χ3v) is 2.30. The predicted molar refractivity (Wildman–Crippen MR) is 58.4 cm³/mol. The molecule has 0 radical (unpaired) electrons. The summed E-state index contributed by atoms with van der Waals surface area (Å²) in [6, 6.07) is 0. The number of carbonyl (C=O) groups is 3. The van der Waals surface area contributed by atoms with Gasteiger partial charge in [0.1, 0.15) is 0 Å². The Morgan fingerprint density at radius 3 is 2.18 bits per heavy atom. The van der Waals surface area contributed by atoms with Crippen LogP contribution in [0, 0.1) is 5.92 Å². The van der Waals surface area contributed by atoms with Crippen LogP contribution >= 0.6 is 0 Å². The van der Waals surface area contributed by atoms with Crippen LogP contribution in [-0.2, 0) is 23.9 Å². The maximum absolute atomic E-state index is 11.7. The summed E-state index contributed by atoms with van der Waals surface area (Å²) in [5, 5.41) is 0. The Kier molecular flexibility index (Phi) is 3.65. The average molecular weight is 241 g/mol. The Morgan fingerprint density at radius 2 is 1.76 bits per heavy atom. The molecule has 1 fully saturated rings. The average Bonchev–Trinajstić information content (AvgIpc) is 2.13. The Balaban J connectivity index is 2.82. The summed E-state index contributed by atoms with van der Waals surface area (Å²) >= 11 is 0. The highest BCUT2D eigenvalue weighted by atomic mass is 16.7. The first-order valence-electron chi connectivity index (χ1n) is 5.17. The van der Waals surface area contributed by atoms with Crippen molar-refractivity contribution in [2.75, 3.05) is 7.05 Å². The molecule has 0 atom stereocenters. The van der Waals surface area contributed by atoms with E-state index in [-0.39, 0.29) is 6.42 Å². The highest BCUT2D eigenvalue weighted by molar-refractivity contribution is 6.19. The van der Waals surface area contributed by atoms with Crippen molar-refractivity contribution in [3.63, 3.8) is 0 Å². The standard InChI is InChI=1S/C11H15NO5/c1-6(12-4)5-7(13)8-9(14)16-11(2,3)17-10(8)15/h8H,5H2,1-4H3. The summed E-state index contributed by atoms with van der Waals surface area (Å²) in [7, 11) is 1.53. The van der Waals surface area contributed by atoms with Gasteiger partial charge in [0.05, 0.1) is 0 Å². The number of Topliss-reactive ketones (excluding diaryl/α,β-unsaturated/α-hetero) is 1. The van der Waals surface area contributed by atoms with Crippen molar-refractivity contribution in [3.05, 3.63) is 0 Å². The first-order valence-corrected chi connectivity index (χ1v) is 5.17. The number of esters is 2. The van der Waals surface area contributed by atoms with Crippen molar-refractivity contribution in [2.45, 2.75) is 33.0 Å². The van der Waals surface area contributed by atoms with Gasteiger partial charge in [-0.05, 0) is 6.92 Å². The monoisotopic (exact) mass is 241 g/mol. The van der Waals surface area contributed by atoms with E-state index in [0.717, 1.165) is 0 Å². The summed E-state index contributed by atoms with van der Waals surface area (Å²) in [4.78, 5) is 38.6. The number of aliphatic imine (C=N–C) groups is 1. The molecule has 6 heteroatoms. The lowest BCUT2D eigenvalue weighted by atomic mass is 9.99. The molecule has 1 saturated heterocycles. The Hall–Kier alpha value is -1.72. The third kappa shape index (κ3) is 3.12. The number of ether oxygens (including phenoxy) is 2. The van der Waals surface area contributed by atoms with E-state index in [1.54, 1.807) is 6.92 Å². The summed E-state index contributed by atoms with van der Waals surface area (Å²) in [6.07, 6.45) is -0.0637. The lowest BCUT2D eigenvalue weighted by Crippen LogP contribution is -2.49. The van der Waals surface area contributed by atoms with Gasteiger partial charge >= 0.3 is 11.9 Å². The van der Waals surface area contributed by atoms with Crippen molar-refractivity contribution < 1.29 is 23.9 Å². The van der Waals surface area contributed by atoms with E-state index in [9.17, 15) is 14.4 Å². The van der Waals surface area contributed by atoms with E-state index in [4.69, 9.17) is 9.47 Å². The van der Waals surface area contributed by atoms with E-state index >= 15 is 0 Å². The molecule has 0 bridgehead atoms. The highest BCUT2D eigenvalue weighted by Gasteiger charge is 2.46. The number of carbonyl (C=O) groups excluding carboxylic acids is 3. The van der Waals surface area contributed by atoms with Crippen molar-refractivity contribution >= 4 is 23.4 Å².